The van der Waals surface area contributed by atoms with E-state index in [0.29, 0.717) is 18.5 Å². The van der Waals surface area contributed by atoms with Gasteiger partial charge in [0.2, 0.25) is 0 Å². The van der Waals surface area contributed by atoms with Gasteiger partial charge in [0.25, 0.3) is 5.56 Å². The van der Waals surface area contributed by atoms with Gasteiger partial charge in [-0.05, 0) is 19.0 Å². The van der Waals surface area contributed by atoms with Gasteiger partial charge in [0.1, 0.15) is 11.6 Å². The SMILES string of the molecule is CC.NCCc1cc2c(F)cc(O)cc2[nH]c1=O. The molecule has 5 heteroatoms. The van der Waals surface area contributed by atoms with Crippen molar-refractivity contribution in [2.24, 2.45) is 5.73 Å². The first-order valence-electron chi connectivity index (χ1n) is 5.86. The molecule has 18 heavy (non-hydrogen) atoms. The highest BCUT2D eigenvalue weighted by atomic mass is 19.1. The molecule has 0 aliphatic rings. The lowest BCUT2D eigenvalue weighted by atomic mass is 10.1. The van der Waals surface area contributed by atoms with E-state index < -0.39 is 5.82 Å². The number of hydrogen-bond donors (Lipinski definition) is 3. The summed E-state index contributed by atoms with van der Waals surface area (Å²) in [5.41, 5.74) is 5.77. The average molecular weight is 252 g/mol. The van der Waals surface area contributed by atoms with Crippen LogP contribution in [0.15, 0.2) is 23.0 Å². The molecule has 0 aliphatic carbocycles. The smallest absolute Gasteiger partial charge is 0.251 e. The molecule has 0 saturated carbocycles. The normalized spacial score (nSPS) is 10.0. The third-order valence-electron chi connectivity index (χ3n) is 2.39. The summed E-state index contributed by atoms with van der Waals surface area (Å²) in [6.07, 6.45) is 0.394. The highest BCUT2D eigenvalue weighted by Crippen LogP contribution is 2.21. The van der Waals surface area contributed by atoms with E-state index in [1.165, 1.54) is 12.1 Å². The number of benzene rings is 1. The van der Waals surface area contributed by atoms with Crippen LogP contribution >= 0.6 is 0 Å². The number of aromatic hydroxyl groups is 1. The molecule has 1 heterocycles. The van der Waals surface area contributed by atoms with Crippen LogP contribution in [0.3, 0.4) is 0 Å². The van der Waals surface area contributed by atoms with E-state index in [0.717, 1.165) is 6.07 Å². The van der Waals surface area contributed by atoms with E-state index >= 15 is 0 Å². The van der Waals surface area contributed by atoms with Crippen LogP contribution in [0, 0.1) is 5.82 Å². The lowest BCUT2D eigenvalue weighted by Crippen LogP contribution is -2.16. The second-order valence-corrected chi connectivity index (χ2v) is 3.55. The summed E-state index contributed by atoms with van der Waals surface area (Å²) in [4.78, 5) is 14.0. The summed E-state index contributed by atoms with van der Waals surface area (Å²) < 4.78 is 13.5. The minimum absolute atomic E-state index is 0.216. The van der Waals surface area contributed by atoms with Crippen molar-refractivity contribution in [3.8, 4) is 5.75 Å². The maximum absolute atomic E-state index is 13.5. The molecule has 0 unspecified atom stereocenters. The van der Waals surface area contributed by atoms with E-state index in [-0.39, 0.29) is 22.2 Å². The Kier molecular flexibility index (Phi) is 4.85. The van der Waals surface area contributed by atoms with Crippen molar-refractivity contribution in [2.45, 2.75) is 20.3 Å². The first kappa shape index (κ1) is 14.2. The molecule has 1 aromatic carbocycles. The number of phenolic OH excluding ortho intramolecular Hbond substituents is 1. The molecule has 0 fully saturated rings. The minimum atomic E-state index is -0.565. The Morgan fingerprint density at radius 2 is 2.00 bits per heavy atom. The zero-order valence-electron chi connectivity index (χ0n) is 10.5. The molecule has 1 aromatic heterocycles. The fourth-order valence-corrected chi connectivity index (χ4v) is 1.64. The molecule has 0 atom stereocenters. The fourth-order valence-electron chi connectivity index (χ4n) is 1.64. The van der Waals surface area contributed by atoms with Gasteiger partial charge in [0.15, 0.2) is 0 Å². The van der Waals surface area contributed by atoms with Gasteiger partial charge in [-0.3, -0.25) is 4.79 Å². The summed E-state index contributed by atoms with van der Waals surface area (Å²) >= 11 is 0. The topological polar surface area (TPSA) is 79.1 Å². The summed E-state index contributed by atoms with van der Waals surface area (Å²) in [7, 11) is 0. The van der Waals surface area contributed by atoms with Gasteiger partial charge in [0, 0.05) is 23.1 Å². The van der Waals surface area contributed by atoms with Gasteiger partial charge in [-0.1, -0.05) is 13.8 Å². The van der Waals surface area contributed by atoms with Crippen molar-refractivity contribution in [2.75, 3.05) is 6.54 Å². The number of pyridine rings is 1. The van der Waals surface area contributed by atoms with Crippen molar-refractivity contribution in [3.05, 3.63) is 39.9 Å². The van der Waals surface area contributed by atoms with Gasteiger partial charge in [-0.2, -0.15) is 0 Å². The monoisotopic (exact) mass is 252 g/mol. The zero-order chi connectivity index (χ0) is 13.7. The lowest BCUT2D eigenvalue weighted by molar-refractivity contribution is 0.470. The summed E-state index contributed by atoms with van der Waals surface area (Å²) in [5.74, 6) is -0.781. The highest BCUT2D eigenvalue weighted by molar-refractivity contribution is 5.81. The van der Waals surface area contributed by atoms with E-state index in [1.807, 2.05) is 13.8 Å². The predicted molar refractivity (Wildman–Crippen MR) is 70.3 cm³/mol. The standard InChI is InChI=1S/C11H11FN2O2.C2H6/c12-9-4-7(15)5-10-8(9)3-6(1-2-13)11(16)14-10;1-2/h3-5,15H,1-2,13H2,(H,14,16);1-2H3. The maximum atomic E-state index is 13.5. The van der Waals surface area contributed by atoms with Crippen LogP contribution in [-0.4, -0.2) is 16.6 Å². The Hall–Kier alpha value is -1.88. The average Bonchev–Trinajstić information content (AvgIpc) is 2.33. The maximum Gasteiger partial charge on any atom is 0.251 e. The Morgan fingerprint density at radius 3 is 2.61 bits per heavy atom. The number of rotatable bonds is 2. The number of phenols is 1. The van der Waals surface area contributed by atoms with Gasteiger partial charge < -0.3 is 15.8 Å². The zero-order valence-corrected chi connectivity index (χ0v) is 10.5. The molecule has 0 bridgehead atoms. The molecule has 0 amide bonds. The lowest BCUT2D eigenvalue weighted by Gasteiger charge is -2.03. The van der Waals surface area contributed by atoms with Crippen LogP contribution in [0.4, 0.5) is 4.39 Å². The highest BCUT2D eigenvalue weighted by Gasteiger charge is 2.07. The molecule has 0 spiro atoms. The summed E-state index contributed by atoms with van der Waals surface area (Å²) in [6.45, 7) is 4.33. The minimum Gasteiger partial charge on any atom is -0.508 e. The van der Waals surface area contributed by atoms with E-state index in [4.69, 9.17) is 5.73 Å². The van der Waals surface area contributed by atoms with E-state index in [9.17, 15) is 14.3 Å². The van der Waals surface area contributed by atoms with Gasteiger partial charge in [0.05, 0.1) is 5.52 Å². The molecule has 4 N–H and O–H groups in total. The number of nitrogens with one attached hydrogen (secondary N) is 1. The second-order valence-electron chi connectivity index (χ2n) is 3.55. The Labute approximate surface area is 104 Å². The van der Waals surface area contributed by atoms with E-state index in [1.54, 1.807) is 0 Å². The number of hydrogen-bond acceptors (Lipinski definition) is 3. The van der Waals surface area contributed by atoms with Crippen LogP contribution in [-0.2, 0) is 6.42 Å². The van der Waals surface area contributed by atoms with Gasteiger partial charge in [-0.25, -0.2) is 4.39 Å². The molecule has 2 aromatic rings. The number of halogens is 1. The van der Waals surface area contributed by atoms with Crippen molar-refractivity contribution in [3.63, 3.8) is 0 Å². The van der Waals surface area contributed by atoms with E-state index in [2.05, 4.69) is 4.98 Å². The third-order valence-corrected chi connectivity index (χ3v) is 2.39. The molecular formula is C13H17FN2O2. The first-order valence-corrected chi connectivity index (χ1v) is 5.86. The Bertz CT molecular complexity index is 593. The predicted octanol–water partition coefficient (Wildman–Crippen LogP) is 1.90. The molecule has 0 aliphatic heterocycles. The van der Waals surface area contributed by atoms with Crippen molar-refractivity contribution in [1.29, 1.82) is 0 Å². The van der Waals surface area contributed by atoms with Crippen LogP contribution in [0.2, 0.25) is 0 Å². The molecule has 0 radical (unpaired) electrons. The van der Waals surface area contributed by atoms with Crippen LogP contribution in [0.25, 0.3) is 10.9 Å². The van der Waals surface area contributed by atoms with Crippen molar-refractivity contribution < 1.29 is 9.50 Å². The number of aromatic amines is 1. The molecule has 2 rings (SSSR count). The largest absolute Gasteiger partial charge is 0.508 e. The van der Waals surface area contributed by atoms with Crippen molar-refractivity contribution in [1.82, 2.24) is 4.98 Å². The number of fused-ring (bicyclic) bond motifs is 1. The van der Waals surface area contributed by atoms with Crippen LogP contribution in [0.1, 0.15) is 19.4 Å². The summed E-state index contributed by atoms with van der Waals surface area (Å²) in [5, 5.41) is 9.47. The number of nitrogens with two attached hydrogens (primary N) is 1. The van der Waals surface area contributed by atoms with Crippen LogP contribution in [0.5, 0.6) is 5.75 Å². The third kappa shape index (κ3) is 2.87. The van der Waals surface area contributed by atoms with Crippen molar-refractivity contribution >= 4 is 10.9 Å². The number of H-pyrrole nitrogens is 1. The van der Waals surface area contributed by atoms with Gasteiger partial charge in [-0.15, -0.1) is 0 Å². The Morgan fingerprint density at radius 1 is 1.33 bits per heavy atom. The summed E-state index contributed by atoms with van der Waals surface area (Å²) in [6, 6.07) is 3.79. The molecule has 98 valence electrons. The molecule has 4 nitrogen and oxygen atoms in total. The fraction of sp³-hybridized carbons (Fsp3) is 0.308. The number of aromatic nitrogens is 1. The van der Waals surface area contributed by atoms with Gasteiger partial charge >= 0.3 is 0 Å². The quantitative estimate of drug-likeness (QED) is 0.763. The van der Waals surface area contributed by atoms with Crippen LogP contribution < -0.4 is 11.3 Å². The molecule has 0 saturated heterocycles. The molecular weight excluding hydrogens is 235 g/mol. The Balaban J connectivity index is 0.000000771. The second kappa shape index (κ2) is 6.16. The first-order chi connectivity index (χ1) is 8.61.